The maximum atomic E-state index is 13.6. The third-order valence-electron chi connectivity index (χ3n) is 8.77. The summed E-state index contributed by atoms with van der Waals surface area (Å²) in [6.07, 6.45) is -9.04. The highest BCUT2D eigenvalue weighted by Gasteiger charge is 2.44. The number of halogens is 7. The number of amides is 1. The van der Waals surface area contributed by atoms with E-state index in [2.05, 4.69) is 18.8 Å². The molecule has 0 radical (unpaired) electrons. The number of pyridine rings is 1. The van der Waals surface area contributed by atoms with Gasteiger partial charge in [-0.25, -0.2) is 9.59 Å². The number of hydrogen-bond donors (Lipinski definition) is 1. The average Bonchev–Trinajstić information content (AvgIpc) is 3.27. The molecule has 1 saturated heterocycles. The number of methoxy groups -OCH3 is 1. The molecule has 2 aliphatic rings. The molecule has 1 aliphatic carbocycles. The van der Waals surface area contributed by atoms with Gasteiger partial charge in [0.2, 0.25) is 0 Å². The zero-order valence-electron chi connectivity index (χ0n) is 26.2. The number of rotatable bonds is 7. The Morgan fingerprint density at radius 3 is 2.27 bits per heavy atom. The van der Waals surface area contributed by atoms with Crippen LogP contribution in [0.4, 0.5) is 31.1 Å². The fourth-order valence-corrected chi connectivity index (χ4v) is 6.52. The van der Waals surface area contributed by atoms with Gasteiger partial charge in [-0.15, -0.1) is 0 Å². The van der Waals surface area contributed by atoms with Crippen molar-refractivity contribution >= 4 is 29.2 Å². The van der Waals surface area contributed by atoms with Crippen molar-refractivity contribution < 1.29 is 50.5 Å². The van der Waals surface area contributed by atoms with Crippen LogP contribution in [0.25, 0.3) is 16.8 Å². The molecule has 14 heteroatoms. The zero-order valence-corrected chi connectivity index (χ0v) is 27.0. The van der Waals surface area contributed by atoms with Crippen LogP contribution in [0.15, 0.2) is 54.2 Å². The van der Waals surface area contributed by atoms with E-state index in [1.807, 2.05) is 0 Å². The summed E-state index contributed by atoms with van der Waals surface area (Å²) in [4.78, 5) is 30.4. The lowest BCUT2D eigenvalue weighted by atomic mass is 9.72. The number of carbonyl (C=O) groups is 2. The number of carboxylic acid groups (broad SMARTS) is 1. The number of aromatic nitrogens is 1. The first kappa shape index (κ1) is 35.1. The van der Waals surface area contributed by atoms with Crippen LogP contribution in [0.1, 0.15) is 78.7 Å². The predicted molar refractivity (Wildman–Crippen MR) is 165 cm³/mol. The van der Waals surface area contributed by atoms with E-state index in [0.29, 0.717) is 47.5 Å². The maximum absolute atomic E-state index is 13.6. The second-order valence-corrected chi connectivity index (χ2v) is 13.1. The largest absolute Gasteiger partial charge is 0.495 e. The predicted octanol–water partition coefficient (Wildman–Crippen LogP) is 9.69. The summed E-state index contributed by atoms with van der Waals surface area (Å²) in [5, 5.41) is 9.49. The van der Waals surface area contributed by atoms with E-state index in [1.165, 1.54) is 37.3 Å². The molecule has 1 N–H and O–H groups in total. The molecule has 2 heterocycles. The van der Waals surface area contributed by atoms with E-state index in [0.717, 1.165) is 17.6 Å². The maximum Gasteiger partial charge on any atom is 0.416 e. The van der Waals surface area contributed by atoms with E-state index in [1.54, 1.807) is 12.1 Å². The van der Waals surface area contributed by atoms with Crippen LogP contribution in [0.5, 0.6) is 5.75 Å². The second-order valence-electron chi connectivity index (χ2n) is 12.7. The van der Waals surface area contributed by atoms with Gasteiger partial charge in [0.15, 0.2) is 0 Å². The lowest BCUT2D eigenvalue weighted by Crippen LogP contribution is -2.35. The summed E-state index contributed by atoms with van der Waals surface area (Å²) in [6, 6.07) is 6.31. The van der Waals surface area contributed by atoms with Crippen molar-refractivity contribution in [1.29, 1.82) is 0 Å². The van der Waals surface area contributed by atoms with Gasteiger partial charge in [-0.1, -0.05) is 31.5 Å². The van der Waals surface area contributed by atoms with Crippen molar-refractivity contribution in [3.05, 3.63) is 87.1 Å². The third kappa shape index (κ3) is 7.11. The molecule has 1 fully saturated rings. The topological polar surface area (TPSA) is 89.0 Å². The van der Waals surface area contributed by atoms with Crippen molar-refractivity contribution in [2.24, 2.45) is 5.41 Å². The quantitative estimate of drug-likeness (QED) is 0.248. The van der Waals surface area contributed by atoms with Crippen molar-refractivity contribution in [1.82, 2.24) is 9.88 Å². The molecule has 7 nitrogen and oxygen atoms in total. The molecule has 3 aromatic rings. The summed E-state index contributed by atoms with van der Waals surface area (Å²) in [5.74, 6) is -0.722. The number of nitrogens with zero attached hydrogens (tertiary/aromatic N) is 2. The second kappa shape index (κ2) is 12.6. The van der Waals surface area contributed by atoms with Gasteiger partial charge in [-0.2, -0.15) is 26.3 Å². The van der Waals surface area contributed by atoms with Gasteiger partial charge in [0.05, 0.1) is 46.8 Å². The lowest BCUT2D eigenvalue weighted by molar-refractivity contribution is -0.143. The Labute approximate surface area is 277 Å². The molecule has 1 unspecified atom stereocenters. The van der Waals surface area contributed by atoms with E-state index < -0.39 is 53.3 Å². The monoisotopic (exact) mass is 696 g/mol. The number of alkyl halides is 6. The standard InChI is InChI=1S/C34H31ClF6N2O5/c1-17-29(19-9-21(33(36,37)38)12-22(10-19)34(39,40)41)48-31(46)43(17)16-20-14-32(2,3)8-7-23(20)25-13-27(42-15-28(25)47-4)24-6-5-18(30(44)45)11-26(24)35/h5-6,9-13,15,17,29H,7-8,14,16H2,1-4H3,(H,44,45)/t17-,29?/m0/s1. The molecule has 0 bridgehead atoms. The van der Waals surface area contributed by atoms with Crippen LogP contribution in [0.2, 0.25) is 5.02 Å². The van der Waals surface area contributed by atoms with Crippen LogP contribution in [0.3, 0.4) is 0 Å². The summed E-state index contributed by atoms with van der Waals surface area (Å²) in [5.41, 5.74) is -0.410. The summed E-state index contributed by atoms with van der Waals surface area (Å²) in [7, 11) is 1.47. The average molecular weight is 697 g/mol. The minimum Gasteiger partial charge on any atom is -0.495 e. The first-order chi connectivity index (χ1) is 22.3. The van der Waals surface area contributed by atoms with E-state index in [4.69, 9.17) is 21.1 Å². The number of carboxylic acids is 1. The number of benzene rings is 2. The van der Waals surface area contributed by atoms with Crippen LogP contribution < -0.4 is 4.74 Å². The molecule has 2 aromatic carbocycles. The number of ether oxygens (including phenoxy) is 2. The fraction of sp³-hybridized carbons (Fsp3) is 0.382. The molecule has 1 amide bonds. The first-order valence-electron chi connectivity index (χ1n) is 14.8. The Hall–Kier alpha value is -4.26. The SMILES string of the molecule is COc1cnc(-c2ccc(C(=O)O)cc2Cl)cc1C1=C(CN2C(=O)OC(c3cc(C(F)(F)F)cc(C(F)(F)F)c3)[C@@H]2C)CC(C)(C)CC1. The number of aromatic carboxylic acids is 1. The molecular weight excluding hydrogens is 666 g/mol. The summed E-state index contributed by atoms with van der Waals surface area (Å²) < 4.78 is 92.6. The first-order valence-corrected chi connectivity index (χ1v) is 15.2. The Morgan fingerprint density at radius 2 is 1.71 bits per heavy atom. The van der Waals surface area contributed by atoms with Gasteiger partial charge < -0.3 is 14.6 Å². The molecule has 5 rings (SSSR count). The highest BCUT2D eigenvalue weighted by Crippen LogP contribution is 2.47. The number of carbonyl (C=O) groups excluding carboxylic acids is 1. The Balaban J connectivity index is 1.55. The minimum absolute atomic E-state index is 0.00155. The number of cyclic esters (lactones) is 1. The van der Waals surface area contributed by atoms with E-state index >= 15 is 0 Å². The summed E-state index contributed by atoms with van der Waals surface area (Å²) in [6.45, 7) is 5.62. The normalized spacial score (nSPS) is 19.8. The molecular formula is C34H31ClF6N2O5. The molecule has 48 heavy (non-hydrogen) atoms. The Kier molecular flexibility index (Phi) is 9.24. The molecule has 2 atom stereocenters. The van der Waals surface area contributed by atoms with Crippen molar-refractivity contribution in [2.75, 3.05) is 13.7 Å². The fourth-order valence-electron chi connectivity index (χ4n) is 6.24. The lowest BCUT2D eigenvalue weighted by Gasteiger charge is -2.36. The van der Waals surface area contributed by atoms with Crippen molar-refractivity contribution in [3.8, 4) is 17.0 Å². The smallest absolute Gasteiger partial charge is 0.416 e. The van der Waals surface area contributed by atoms with Gasteiger partial charge >= 0.3 is 24.4 Å². The van der Waals surface area contributed by atoms with Gasteiger partial charge in [0, 0.05) is 17.7 Å². The van der Waals surface area contributed by atoms with Gasteiger partial charge in [0.25, 0.3) is 0 Å². The van der Waals surface area contributed by atoms with Crippen LogP contribution in [-0.4, -0.2) is 46.7 Å². The Morgan fingerprint density at radius 1 is 1.06 bits per heavy atom. The van der Waals surface area contributed by atoms with Crippen LogP contribution in [-0.2, 0) is 17.1 Å². The van der Waals surface area contributed by atoms with Crippen molar-refractivity contribution in [3.63, 3.8) is 0 Å². The van der Waals surface area contributed by atoms with Gasteiger partial charge in [0.1, 0.15) is 11.9 Å². The van der Waals surface area contributed by atoms with Crippen LogP contribution in [0, 0.1) is 5.41 Å². The molecule has 0 saturated carbocycles. The minimum atomic E-state index is -5.06. The van der Waals surface area contributed by atoms with Crippen molar-refractivity contribution in [2.45, 2.75) is 64.5 Å². The summed E-state index contributed by atoms with van der Waals surface area (Å²) >= 11 is 6.44. The number of hydrogen-bond acceptors (Lipinski definition) is 5. The van der Waals surface area contributed by atoms with Gasteiger partial charge in [-0.05, 0) is 84.7 Å². The highest BCUT2D eigenvalue weighted by atomic mass is 35.5. The molecule has 0 spiro atoms. The highest BCUT2D eigenvalue weighted by molar-refractivity contribution is 6.33. The molecule has 1 aromatic heterocycles. The molecule has 256 valence electrons. The van der Waals surface area contributed by atoms with Gasteiger partial charge in [-0.3, -0.25) is 9.88 Å². The van der Waals surface area contributed by atoms with Crippen LogP contribution >= 0.6 is 11.6 Å². The van der Waals surface area contributed by atoms with E-state index in [9.17, 15) is 41.0 Å². The Bertz CT molecular complexity index is 1770. The molecule has 1 aliphatic heterocycles. The third-order valence-corrected chi connectivity index (χ3v) is 9.08. The zero-order chi connectivity index (χ0) is 35.3. The van der Waals surface area contributed by atoms with E-state index in [-0.39, 0.29) is 28.6 Å². The number of allylic oxidation sites excluding steroid dienone is 1.